The SMILES string of the molecule is CCNCc1ccc(OC2CCS(=O)(=O)C2)c(Cl)c1. The maximum absolute atomic E-state index is 11.4. The molecule has 4 nitrogen and oxygen atoms in total. The lowest BCUT2D eigenvalue weighted by Gasteiger charge is -2.14. The van der Waals surface area contributed by atoms with E-state index in [-0.39, 0.29) is 17.6 Å². The third-order valence-electron chi connectivity index (χ3n) is 3.06. The van der Waals surface area contributed by atoms with E-state index >= 15 is 0 Å². The molecule has 1 N–H and O–H groups in total. The fourth-order valence-corrected chi connectivity index (χ4v) is 3.89. The van der Waals surface area contributed by atoms with Crippen molar-refractivity contribution in [1.29, 1.82) is 0 Å². The van der Waals surface area contributed by atoms with Gasteiger partial charge in [-0.25, -0.2) is 8.42 Å². The number of hydrogen-bond acceptors (Lipinski definition) is 4. The molecule has 0 radical (unpaired) electrons. The van der Waals surface area contributed by atoms with Crippen molar-refractivity contribution in [3.05, 3.63) is 28.8 Å². The average molecular weight is 304 g/mol. The number of benzene rings is 1. The van der Waals surface area contributed by atoms with Crippen molar-refractivity contribution in [3.8, 4) is 5.75 Å². The van der Waals surface area contributed by atoms with E-state index in [1.165, 1.54) is 0 Å². The molecule has 0 aromatic heterocycles. The van der Waals surface area contributed by atoms with Gasteiger partial charge in [0.1, 0.15) is 11.9 Å². The van der Waals surface area contributed by atoms with Gasteiger partial charge in [0.2, 0.25) is 0 Å². The molecule has 1 aromatic carbocycles. The first-order valence-electron chi connectivity index (χ1n) is 6.36. The van der Waals surface area contributed by atoms with Crippen molar-refractivity contribution in [2.75, 3.05) is 18.1 Å². The van der Waals surface area contributed by atoms with Crippen LogP contribution in [-0.4, -0.2) is 32.6 Å². The van der Waals surface area contributed by atoms with Gasteiger partial charge < -0.3 is 10.1 Å². The summed E-state index contributed by atoms with van der Waals surface area (Å²) in [7, 11) is -2.93. The number of halogens is 1. The van der Waals surface area contributed by atoms with Crippen LogP contribution >= 0.6 is 11.6 Å². The van der Waals surface area contributed by atoms with E-state index in [1.54, 1.807) is 6.07 Å². The van der Waals surface area contributed by atoms with Gasteiger partial charge in [-0.05, 0) is 30.7 Å². The molecule has 1 atom stereocenters. The number of rotatable bonds is 5. The molecule has 0 amide bonds. The molecule has 19 heavy (non-hydrogen) atoms. The number of sulfone groups is 1. The second kappa shape index (κ2) is 6.11. The molecule has 6 heteroatoms. The van der Waals surface area contributed by atoms with Crippen LogP contribution in [0.15, 0.2) is 18.2 Å². The smallest absolute Gasteiger partial charge is 0.154 e. The lowest BCUT2D eigenvalue weighted by atomic mass is 10.2. The maximum Gasteiger partial charge on any atom is 0.154 e. The molecule has 1 aliphatic rings. The van der Waals surface area contributed by atoms with E-state index in [0.717, 1.165) is 18.7 Å². The Morgan fingerprint density at radius 3 is 2.84 bits per heavy atom. The minimum Gasteiger partial charge on any atom is -0.488 e. The summed E-state index contributed by atoms with van der Waals surface area (Å²) in [4.78, 5) is 0. The average Bonchev–Trinajstić information content (AvgIpc) is 2.69. The summed E-state index contributed by atoms with van der Waals surface area (Å²) in [6.45, 7) is 3.70. The van der Waals surface area contributed by atoms with Gasteiger partial charge in [0, 0.05) is 6.54 Å². The standard InChI is InChI=1S/C13H18ClNO3S/c1-2-15-8-10-3-4-13(12(14)7-10)18-11-5-6-19(16,17)9-11/h3-4,7,11,15H,2,5-6,8-9H2,1H3. The van der Waals surface area contributed by atoms with Crippen LogP contribution in [0.4, 0.5) is 0 Å². The predicted octanol–water partition coefficient (Wildman–Crippen LogP) is 2.02. The van der Waals surface area contributed by atoms with Crippen molar-refractivity contribution < 1.29 is 13.2 Å². The molecule has 1 unspecified atom stereocenters. The summed E-state index contributed by atoms with van der Waals surface area (Å²) < 4.78 is 28.4. The van der Waals surface area contributed by atoms with Crippen LogP contribution < -0.4 is 10.1 Å². The molecular weight excluding hydrogens is 286 g/mol. The highest BCUT2D eigenvalue weighted by atomic mass is 35.5. The van der Waals surface area contributed by atoms with E-state index in [0.29, 0.717) is 17.2 Å². The Morgan fingerprint density at radius 1 is 1.47 bits per heavy atom. The first-order chi connectivity index (χ1) is 9.00. The van der Waals surface area contributed by atoms with Gasteiger partial charge in [-0.15, -0.1) is 0 Å². The van der Waals surface area contributed by atoms with Gasteiger partial charge in [-0.1, -0.05) is 24.6 Å². The third-order valence-corrected chi connectivity index (χ3v) is 5.09. The van der Waals surface area contributed by atoms with Crippen LogP contribution in [-0.2, 0) is 16.4 Å². The van der Waals surface area contributed by atoms with Gasteiger partial charge in [-0.3, -0.25) is 0 Å². The molecule has 106 valence electrons. The normalized spacial score (nSPS) is 21.5. The summed E-state index contributed by atoms with van der Waals surface area (Å²) >= 11 is 6.16. The van der Waals surface area contributed by atoms with Gasteiger partial charge in [0.15, 0.2) is 9.84 Å². The highest BCUT2D eigenvalue weighted by Gasteiger charge is 2.29. The molecule has 0 bridgehead atoms. The summed E-state index contributed by atoms with van der Waals surface area (Å²) in [6, 6.07) is 5.59. The van der Waals surface area contributed by atoms with Gasteiger partial charge in [-0.2, -0.15) is 0 Å². The number of nitrogens with one attached hydrogen (secondary N) is 1. The van der Waals surface area contributed by atoms with E-state index in [9.17, 15) is 8.42 Å². The Kier molecular flexibility index (Phi) is 4.71. The maximum atomic E-state index is 11.4. The molecule has 0 saturated carbocycles. The summed E-state index contributed by atoms with van der Waals surface area (Å²) in [5.41, 5.74) is 1.08. The van der Waals surface area contributed by atoms with Crippen LogP contribution in [0, 0.1) is 0 Å². The fraction of sp³-hybridized carbons (Fsp3) is 0.538. The monoisotopic (exact) mass is 303 g/mol. The number of hydrogen-bond donors (Lipinski definition) is 1. The Hall–Kier alpha value is -0.780. The Bertz CT molecular complexity index is 545. The Labute approximate surface area is 119 Å². The van der Waals surface area contributed by atoms with Gasteiger partial charge >= 0.3 is 0 Å². The van der Waals surface area contributed by atoms with Crippen LogP contribution in [0.25, 0.3) is 0 Å². The zero-order valence-corrected chi connectivity index (χ0v) is 12.4. The molecule has 0 spiro atoms. The van der Waals surface area contributed by atoms with E-state index in [1.807, 2.05) is 19.1 Å². The Balaban J connectivity index is 2.01. The van der Waals surface area contributed by atoms with Crippen molar-refractivity contribution in [1.82, 2.24) is 5.32 Å². The summed E-state index contributed by atoms with van der Waals surface area (Å²) in [5.74, 6) is 0.847. The highest BCUT2D eigenvalue weighted by Crippen LogP contribution is 2.28. The molecule has 0 aliphatic carbocycles. The lowest BCUT2D eigenvalue weighted by Crippen LogP contribution is -2.18. The number of ether oxygens (including phenoxy) is 1. The van der Waals surface area contributed by atoms with E-state index in [4.69, 9.17) is 16.3 Å². The lowest BCUT2D eigenvalue weighted by molar-refractivity contribution is 0.229. The summed E-state index contributed by atoms with van der Waals surface area (Å²) in [5, 5.41) is 3.74. The Morgan fingerprint density at radius 2 is 2.26 bits per heavy atom. The van der Waals surface area contributed by atoms with E-state index < -0.39 is 9.84 Å². The molecular formula is C13H18ClNO3S. The quantitative estimate of drug-likeness (QED) is 0.904. The van der Waals surface area contributed by atoms with E-state index in [2.05, 4.69) is 5.32 Å². The van der Waals surface area contributed by atoms with Crippen LogP contribution in [0.2, 0.25) is 5.02 Å². The van der Waals surface area contributed by atoms with Crippen LogP contribution in [0.5, 0.6) is 5.75 Å². The topological polar surface area (TPSA) is 55.4 Å². The molecule has 1 fully saturated rings. The first-order valence-corrected chi connectivity index (χ1v) is 8.56. The second-order valence-electron chi connectivity index (χ2n) is 4.69. The summed E-state index contributed by atoms with van der Waals surface area (Å²) in [6.07, 6.45) is 0.264. The highest BCUT2D eigenvalue weighted by molar-refractivity contribution is 7.91. The van der Waals surface area contributed by atoms with Crippen LogP contribution in [0.3, 0.4) is 0 Å². The van der Waals surface area contributed by atoms with Gasteiger partial charge in [0.25, 0.3) is 0 Å². The minimum atomic E-state index is -2.93. The third kappa shape index (κ3) is 4.09. The molecule has 1 heterocycles. The van der Waals surface area contributed by atoms with Crippen LogP contribution in [0.1, 0.15) is 18.9 Å². The minimum absolute atomic E-state index is 0.0858. The molecule has 2 rings (SSSR count). The first kappa shape index (κ1) is 14.6. The van der Waals surface area contributed by atoms with Crippen molar-refractivity contribution in [2.45, 2.75) is 26.0 Å². The molecule has 1 aliphatic heterocycles. The zero-order chi connectivity index (χ0) is 13.9. The van der Waals surface area contributed by atoms with Crippen molar-refractivity contribution in [2.24, 2.45) is 0 Å². The van der Waals surface area contributed by atoms with Crippen molar-refractivity contribution >= 4 is 21.4 Å². The predicted molar refractivity (Wildman–Crippen MR) is 76.5 cm³/mol. The fourth-order valence-electron chi connectivity index (χ4n) is 2.05. The second-order valence-corrected chi connectivity index (χ2v) is 7.32. The molecule has 1 aromatic rings. The van der Waals surface area contributed by atoms with Gasteiger partial charge in [0.05, 0.1) is 16.5 Å². The molecule has 1 saturated heterocycles. The largest absolute Gasteiger partial charge is 0.488 e. The zero-order valence-electron chi connectivity index (χ0n) is 10.9. The van der Waals surface area contributed by atoms with Crippen molar-refractivity contribution in [3.63, 3.8) is 0 Å².